The van der Waals surface area contributed by atoms with Gasteiger partial charge < -0.3 is 9.84 Å². The monoisotopic (exact) mass is 394 g/mol. The number of hydrogen-bond donors (Lipinski definition) is 1. The summed E-state index contributed by atoms with van der Waals surface area (Å²) in [5, 5.41) is 10.8. The third kappa shape index (κ3) is 3.60. The molecule has 1 N–H and O–H groups in total. The summed E-state index contributed by atoms with van der Waals surface area (Å²) in [6, 6.07) is 8.32. The molecule has 0 aliphatic carbocycles. The quantitative estimate of drug-likeness (QED) is 0.621. The van der Waals surface area contributed by atoms with Crippen LogP contribution < -0.4 is 4.74 Å². The molecule has 2 aromatic rings. The van der Waals surface area contributed by atoms with Crippen LogP contribution >= 0.6 is 50.7 Å². The molecule has 0 unspecified atom stereocenters. The molecule has 0 saturated carbocycles. The molecule has 0 spiro atoms. The number of aliphatic hydroxyl groups excluding tert-OH is 1. The Kier molecular flexibility index (Phi) is 5.21. The Morgan fingerprint density at radius 1 is 1.00 bits per heavy atom. The lowest BCUT2D eigenvalue weighted by Crippen LogP contribution is -1.92. The highest BCUT2D eigenvalue weighted by molar-refractivity contribution is 9.10. The molecule has 1 atom stereocenters. The lowest BCUT2D eigenvalue weighted by atomic mass is 10.1. The molecule has 20 heavy (non-hydrogen) atoms. The van der Waals surface area contributed by atoms with Crippen molar-refractivity contribution in [1.82, 2.24) is 0 Å². The summed E-state index contributed by atoms with van der Waals surface area (Å²) in [7, 11) is 0. The van der Waals surface area contributed by atoms with Gasteiger partial charge in [-0.3, -0.25) is 0 Å². The molecule has 2 aromatic carbocycles. The van der Waals surface area contributed by atoms with E-state index >= 15 is 0 Å². The van der Waals surface area contributed by atoms with E-state index in [-0.39, 0.29) is 0 Å². The molecule has 0 bridgehead atoms. The molecule has 0 heterocycles. The Morgan fingerprint density at radius 3 is 2.25 bits per heavy atom. The fourth-order valence-electron chi connectivity index (χ4n) is 1.56. The second-order valence-corrected chi connectivity index (χ2v) is 6.24. The molecule has 6 heteroatoms. The Hall–Kier alpha value is -0.450. The van der Waals surface area contributed by atoms with Gasteiger partial charge >= 0.3 is 0 Å². The van der Waals surface area contributed by atoms with Crippen LogP contribution in [0, 0.1) is 0 Å². The van der Waals surface area contributed by atoms with E-state index in [0.717, 1.165) is 0 Å². The van der Waals surface area contributed by atoms with Crippen LogP contribution in [0.5, 0.6) is 11.5 Å². The van der Waals surface area contributed by atoms with E-state index in [1.165, 1.54) is 0 Å². The first-order valence-electron chi connectivity index (χ1n) is 5.68. The highest BCUT2D eigenvalue weighted by atomic mass is 79.9. The Morgan fingerprint density at radius 2 is 1.65 bits per heavy atom. The smallest absolute Gasteiger partial charge is 0.147 e. The highest BCUT2D eigenvalue weighted by Gasteiger charge is 2.11. The summed E-state index contributed by atoms with van der Waals surface area (Å²) in [5.41, 5.74) is 0.710. The van der Waals surface area contributed by atoms with E-state index < -0.39 is 6.10 Å². The molecule has 0 aromatic heterocycles. The predicted octanol–water partition coefficient (Wildman–Crippen LogP) is 6.25. The zero-order valence-corrected chi connectivity index (χ0v) is 14.2. The molecule has 2 nitrogen and oxygen atoms in total. The van der Waals surface area contributed by atoms with Gasteiger partial charge in [0.05, 0.1) is 21.2 Å². The van der Waals surface area contributed by atoms with Crippen LogP contribution in [0.4, 0.5) is 0 Å². The van der Waals surface area contributed by atoms with E-state index in [0.29, 0.717) is 36.6 Å². The summed E-state index contributed by atoms with van der Waals surface area (Å²) in [6.45, 7) is 1.66. The number of rotatable bonds is 3. The number of benzene rings is 2. The summed E-state index contributed by atoms with van der Waals surface area (Å²) in [4.78, 5) is 0. The first kappa shape index (κ1) is 15.9. The number of aliphatic hydroxyl groups is 1. The van der Waals surface area contributed by atoms with Gasteiger partial charge in [0.15, 0.2) is 0 Å². The number of ether oxygens (including phenoxy) is 1. The minimum absolute atomic E-state index is 0.388. The zero-order valence-electron chi connectivity index (χ0n) is 10.3. The summed E-state index contributed by atoms with van der Waals surface area (Å²) < 4.78 is 6.35. The normalized spacial score (nSPS) is 12.3. The van der Waals surface area contributed by atoms with Gasteiger partial charge in [-0.1, -0.05) is 40.9 Å². The first-order valence-corrected chi connectivity index (χ1v) is 7.61. The zero-order chi connectivity index (χ0) is 14.9. The van der Waals surface area contributed by atoms with Crippen molar-refractivity contribution in [3.05, 3.63) is 55.4 Å². The molecule has 0 saturated heterocycles. The maximum Gasteiger partial charge on any atom is 0.147 e. The van der Waals surface area contributed by atoms with Crippen LogP contribution in [0.25, 0.3) is 0 Å². The average Bonchev–Trinajstić information content (AvgIpc) is 2.37. The van der Waals surface area contributed by atoms with Gasteiger partial charge in [0, 0.05) is 10.5 Å². The summed E-state index contributed by atoms with van der Waals surface area (Å²) in [6.07, 6.45) is -0.590. The van der Waals surface area contributed by atoms with Gasteiger partial charge in [-0.2, -0.15) is 0 Å². The second-order valence-electron chi connectivity index (χ2n) is 4.16. The van der Waals surface area contributed by atoms with Gasteiger partial charge in [0.25, 0.3) is 0 Å². The van der Waals surface area contributed by atoms with Crippen molar-refractivity contribution in [3.63, 3.8) is 0 Å². The topological polar surface area (TPSA) is 29.5 Å². The third-order valence-corrected chi connectivity index (χ3v) is 4.42. The highest BCUT2D eigenvalue weighted by Crippen LogP contribution is 2.38. The molecular formula is C14H10BrCl3O2. The molecule has 106 valence electrons. The van der Waals surface area contributed by atoms with Gasteiger partial charge in [-0.15, -0.1) is 0 Å². The van der Waals surface area contributed by atoms with Crippen LogP contribution in [-0.2, 0) is 0 Å². The summed E-state index contributed by atoms with van der Waals surface area (Å²) >= 11 is 21.5. The van der Waals surface area contributed by atoms with E-state index in [1.807, 2.05) is 0 Å². The molecule has 2 rings (SSSR count). The van der Waals surface area contributed by atoms with Gasteiger partial charge in [-0.25, -0.2) is 0 Å². The standard InChI is InChI=1S/C14H10BrCl3O2/c1-7(19)8-2-3-13(11(17)4-8)20-14-6-10(16)9(15)5-12(14)18/h2-7,19H,1H3/t7-/m0/s1. The Labute approximate surface area is 140 Å². The van der Waals surface area contributed by atoms with Crippen LogP contribution in [0.15, 0.2) is 34.8 Å². The van der Waals surface area contributed by atoms with Crippen LogP contribution in [0.1, 0.15) is 18.6 Å². The maximum absolute atomic E-state index is 9.50. The fourth-order valence-corrected chi connectivity index (χ4v) is 2.62. The van der Waals surface area contributed by atoms with Crippen molar-refractivity contribution in [2.75, 3.05) is 0 Å². The van der Waals surface area contributed by atoms with Crippen molar-refractivity contribution >= 4 is 50.7 Å². The van der Waals surface area contributed by atoms with Crippen LogP contribution in [-0.4, -0.2) is 5.11 Å². The van der Waals surface area contributed by atoms with Gasteiger partial charge in [0.2, 0.25) is 0 Å². The van der Waals surface area contributed by atoms with Gasteiger partial charge in [0.1, 0.15) is 11.5 Å². The summed E-state index contributed by atoms with van der Waals surface area (Å²) in [5.74, 6) is 0.850. The fraction of sp³-hybridized carbons (Fsp3) is 0.143. The van der Waals surface area contributed by atoms with Crippen LogP contribution in [0.2, 0.25) is 15.1 Å². The van der Waals surface area contributed by atoms with Crippen molar-refractivity contribution < 1.29 is 9.84 Å². The van der Waals surface area contributed by atoms with Gasteiger partial charge in [-0.05, 0) is 46.6 Å². The van der Waals surface area contributed by atoms with Crippen molar-refractivity contribution in [1.29, 1.82) is 0 Å². The maximum atomic E-state index is 9.50. The first-order chi connectivity index (χ1) is 9.38. The van der Waals surface area contributed by atoms with Crippen LogP contribution in [0.3, 0.4) is 0 Å². The number of halogens is 4. The van der Waals surface area contributed by atoms with E-state index in [2.05, 4.69) is 15.9 Å². The molecule has 0 fully saturated rings. The minimum atomic E-state index is -0.590. The average molecular weight is 396 g/mol. The van der Waals surface area contributed by atoms with E-state index in [1.54, 1.807) is 37.3 Å². The van der Waals surface area contributed by atoms with E-state index in [9.17, 15) is 5.11 Å². The van der Waals surface area contributed by atoms with Crippen molar-refractivity contribution in [3.8, 4) is 11.5 Å². The minimum Gasteiger partial charge on any atom is -0.454 e. The molecule has 0 amide bonds. The predicted molar refractivity (Wildman–Crippen MR) is 86.3 cm³/mol. The number of hydrogen-bond acceptors (Lipinski definition) is 2. The van der Waals surface area contributed by atoms with Crippen molar-refractivity contribution in [2.24, 2.45) is 0 Å². The molecule has 0 radical (unpaired) electrons. The molecule has 0 aliphatic heterocycles. The van der Waals surface area contributed by atoms with Crippen molar-refractivity contribution in [2.45, 2.75) is 13.0 Å². The third-order valence-electron chi connectivity index (χ3n) is 2.63. The molecular weight excluding hydrogens is 386 g/mol. The lowest BCUT2D eigenvalue weighted by Gasteiger charge is -2.12. The van der Waals surface area contributed by atoms with E-state index in [4.69, 9.17) is 39.5 Å². The lowest BCUT2D eigenvalue weighted by molar-refractivity contribution is 0.199. The SMILES string of the molecule is C[C@H](O)c1ccc(Oc2cc(Cl)c(Br)cc2Cl)c(Cl)c1. The Bertz CT molecular complexity index is 645. The second kappa shape index (κ2) is 6.54. The largest absolute Gasteiger partial charge is 0.454 e. The molecule has 0 aliphatic rings. The Balaban J connectivity index is 2.33.